The molecule has 1 aliphatic heterocycles. The molecule has 2 aromatic heterocycles. The van der Waals surface area contributed by atoms with Crippen molar-refractivity contribution >= 4 is 17.2 Å². The van der Waals surface area contributed by atoms with Crippen LogP contribution in [0.4, 0.5) is 0 Å². The third kappa shape index (κ3) is 3.97. The van der Waals surface area contributed by atoms with Crippen LogP contribution in [0.1, 0.15) is 30.0 Å². The fourth-order valence-corrected chi connectivity index (χ4v) is 3.64. The maximum Gasteiger partial charge on any atom is 0.224 e. The van der Waals surface area contributed by atoms with Crippen molar-refractivity contribution in [2.45, 2.75) is 32.9 Å². The Morgan fingerprint density at radius 1 is 1.35 bits per heavy atom. The number of hydrogen-bond donors (Lipinski definition) is 0. The molecule has 0 unspecified atom stereocenters. The van der Waals surface area contributed by atoms with Crippen molar-refractivity contribution in [1.29, 1.82) is 0 Å². The van der Waals surface area contributed by atoms with E-state index in [0.717, 1.165) is 36.8 Å². The largest absolute Gasteiger partial charge is 0.340 e. The Kier molecular flexibility index (Phi) is 5.07. The summed E-state index contributed by atoms with van der Waals surface area (Å²) >= 11 is 1.70. The molecule has 0 bridgehead atoms. The molecule has 6 nitrogen and oxygen atoms in total. The van der Waals surface area contributed by atoms with Crippen LogP contribution in [-0.2, 0) is 11.3 Å². The molecule has 1 saturated heterocycles. The summed E-state index contributed by atoms with van der Waals surface area (Å²) in [5.41, 5.74) is 1.13. The van der Waals surface area contributed by atoms with Gasteiger partial charge in [-0.1, -0.05) is 0 Å². The van der Waals surface area contributed by atoms with Crippen molar-refractivity contribution in [3.8, 4) is 0 Å². The van der Waals surface area contributed by atoms with Gasteiger partial charge in [0.15, 0.2) is 0 Å². The number of carbonyl (C=O) groups is 1. The Morgan fingerprint density at radius 3 is 2.74 bits per heavy atom. The van der Waals surface area contributed by atoms with E-state index in [1.54, 1.807) is 11.3 Å². The second kappa shape index (κ2) is 7.23. The van der Waals surface area contributed by atoms with E-state index in [9.17, 15) is 4.79 Å². The van der Waals surface area contributed by atoms with Gasteiger partial charge in [0.05, 0.1) is 12.2 Å². The molecule has 0 spiro atoms. The number of hydrogen-bond acceptors (Lipinski definition) is 5. The Balaban J connectivity index is 1.45. The molecular weight excluding hydrogens is 310 g/mol. The van der Waals surface area contributed by atoms with Crippen LogP contribution < -0.4 is 0 Å². The zero-order chi connectivity index (χ0) is 16.2. The molecule has 3 rings (SSSR count). The summed E-state index contributed by atoms with van der Waals surface area (Å²) in [6.45, 7) is 8.27. The van der Waals surface area contributed by atoms with Gasteiger partial charge in [0.25, 0.3) is 0 Å². The number of carbonyl (C=O) groups excluding carboxylic acids is 1. The van der Waals surface area contributed by atoms with Crippen LogP contribution in [0.3, 0.4) is 0 Å². The zero-order valence-electron chi connectivity index (χ0n) is 13.7. The van der Waals surface area contributed by atoms with E-state index >= 15 is 0 Å². The normalized spacial score (nSPS) is 17.4. The third-order valence-electron chi connectivity index (χ3n) is 4.34. The molecule has 0 aliphatic carbocycles. The second-order valence-corrected chi connectivity index (χ2v) is 6.92. The maximum atomic E-state index is 12.3. The zero-order valence-corrected chi connectivity index (χ0v) is 14.5. The number of aryl methyl sites for hydroxylation is 2. The summed E-state index contributed by atoms with van der Waals surface area (Å²) < 4.78 is 1.84. The minimum Gasteiger partial charge on any atom is -0.340 e. The second-order valence-electron chi connectivity index (χ2n) is 5.99. The predicted molar refractivity (Wildman–Crippen MR) is 90.3 cm³/mol. The van der Waals surface area contributed by atoms with Gasteiger partial charge in [-0.15, -0.1) is 11.3 Å². The lowest BCUT2D eigenvalue weighted by molar-refractivity contribution is -0.133. The van der Waals surface area contributed by atoms with Gasteiger partial charge in [-0.3, -0.25) is 14.4 Å². The van der Waals surface area contributed by atoms with Crippen molar-refractivity contribution in [1.82, 2.24) is 24.6 Å². The highest BCUT2D eigenvalue weighted by Gasteiger charge is 2.25. The average molecular weight is 333 g/mol. The molecule has 0 N–H and O–H groups in total. The molecule has 2 aromatic rings. The van der Waals surface area contributed by atoms with Crippen molar-refractivity contribution in [2.75, 3.05) is 26.2 Å². The summed E-state index contributed by atoms with van der Waals surface area (Å²) in [4.78, 5) is 21.1. The van der Waals surface area contributed by atoms with Gasteiger partial charge in [0.1, 0.15) is 5.01 Å². The van der Waals surface area contributed by atoms with E-state index in [2.05, 4.69) is 21.9 Å². The van der Waals surface area contributed by atoms with E-state index in [-0.39, 0.29) is 5.91 Å². The molecule has 7 heteroatoms. The first-order chi connectivity index (χ1) is 11.1. The van der Waals surface area contributed by atoms with Crippen LogP contribution in [0.15, 0.2) is 24.0 Å². The summed E-state index contributed by atoms with van der Waals surface area (Å²) in [7, 11) is 0. The standard InChI is InChI=1S/C16H23N5OS/c1-13-11-18-21(12-13)5-3-15(22)20-8-6-19(7-9-20)14(2)16-17-4-10-23-16/h4,10-12,14H,3,5-9H2,1-2H3/t14-/m1/s1. The molecule has 3 heterocycles. The SMILES string of the molecule is Cc1cnn(CCC(=O)N2CCN([C@H](C)c3nccs3)CC2)c1. The number of piperazine rings is 1. The maximum absolute atomic E-state index is 12.3. The van der Waals surface area contributed by atoms with Crippen LogP contribution >= 0.6 is 11.3 Å². The topological polar surface area (TPSA) is 54.3 Å². The van der Waals surface area contributed by atoms with Crippen LogP contribution in [0, 0.1) is 6.92 Å². The van der Waals surface area contributed by atoms with Gasteiger partial charge in [0, 0.05) is 56.9 Å². The van der Waals surface area contributed by atoms with Crippen LogP contribution in [0.5, 0.6) is 0 Å². The highest BCUT2D eigenvalue weighted by atomic mass is 32.1. The number of aromatic nitrogens is 3. The molecule has 23 heavy (non-hydrogen) atoms. The number of rotatable bonds is 5. The Hall–Kier alpha value is -1.73. The van der Waals surface area contributed by atoms with Gasteiger partial charge in [-0.05, 0) is 19.4 Å². The molecule has 0 radical (unpaired) electrons. The lowest BCUT2D eigenvalue weighted by Crippen LogP contribution is -2.49. The number of nitrogens with zero attached hydrogens (tertiary/aromatic N) is 5. The highest BCUT2D eigenvalue weighted by molar-refractivity contribution is 7.09. The van der Waals surface area contributed by atoms with Crippen LogP contribution in [-0.4, -0.2) is 56.7 Å². The quantitative estimate of drug-likeness (QED) is 0.839. The van der Waals surface area contributed by atoms with Crippen LogP contribution in [0.25, 0.3) is 0 Å². The van der Waals surface area contributed by atoms with Crippen molar-refractivity contribution in [2.24, 2.45) is 0 Å². The fourth-order valence-electron chi connectivity index (χ4n) is 2.91. The number of amides is 1. The minimum atomic E-state index is 0.222. The Morgan fingerprint density at radius 2 is 2.13 bits per heavy atom. The monoisotopic (exact) mass is 333 g/mol. The molecule has 1 fully saturated rings. The fraction of sp³-hybridized carbons (Fsp3) is 0.562. The van der Waals surface area contributed by atoms with E-state index in [1.807, 2.05) is 40.5 Å². The highest BCUT2D eigenvalue weighted by Crippen LogP contribution is 2.23. The van der Waals surface area contributed by atoms with Crippen molar-refractivity contribution in [3.05, 3.63) is 34.5 Å². The van der Waals surface area contributed by atoms with E-state index in [0.29, 0.717) is 19.0 Å². The first-order valence-corrected chi connectivity index (χ1v) is 8.92. The van der Waals surface area contributed by atoms with E-state index in [4.69, 9.17) is 0 Å². The van der Waals surface area contributed by atoms with Crippen molar-refractivity contribution < 1.29 is 4.79 Å². The van der Waals surface area contributed by atoms with E-state index in [1.165, 1.54) is 0 Å². The van der Waals surface area contributed by atoms with Gasteiger partial charge >= 0.3 is 0 Å². The molecule has 124 valence electrons. The smallest absolute Gasteiger partial charge is 0.224 e. The molecule has 0 aromatic carbocycles. The Bertz CT molecular complexity index is 631. The van der Waals surface area contributed by atoms with Gasteiger partial charge in [-0.25, -0.2) is 4.98 Å². The lowest BCUT2D eigenvalue weighted by Gasteiger charge is -2.37. The molecule has 0 saturated carbocycles. The van der Waals surface area contributed by atoms with Gasteiger partial charge < -0.3 is 4.90 Å². The van der Waals surface area contributed by atoms with Crippen LogP contribution in [0.2, 0.25) is 0 Å². The third-order valence-corrected chi connectivity index (χ3v) is 5.29. The predicted octanol–water partition coefficient (Wildman–Crippen LogP) is 1.94. The lowest BCUT2D eigenvalue weighted by atomic mass is 10.2. The molecule has 1 amide bonds. The summed E-state index contributed by atoms with van der Waals surface area (Å²) in [6.07, 6.45) is 6.17. The number of thiazole rings is 1. The van der Waals surface area contributed by atoms with Gasteiger partial charge in [0.2, 0.25) is 5.91 Å². The Labute approximate surface area is 140 Å². The first-order valence-electron chi connectivity index (χ1n) is 8.04. The summed E-state index contributed by atoms with van der Waals surface area (Å²) in [6, 6.07) is 0.333. The van der Waals surface area contributed by atoms with Gasteiger partial charge in [-0.2, -0.15) is 5.10 Å². The molecular formula is C16H23N5OS. The minimum absolute atomic E-state index is 0.222. The molecule has 1 aliphatic rings. The first kappa shape index (κ1) is 16.1. The van der Waals surface area contributed by atoms with E-state index < -0.39 is 0 Å². The summed E-state index contributed by atoms with van der Waals surface area (Å²) in [5.74, 6) is 0.222. The average Bonchev–Trinajstić information content (AvgIpc) is 3.24. The summed E-state index contributed by atoms with van der Waals surface area (Å²) in [5, 5.41) is 7.40. The molecule has 1 atom stereocenters. The van der Waals surface area contributed by atoms with Crippen molar-refractivity contribution in [3.63, 3.8) is 0 Å².